The van der Waals surface area contributed by atoms with E-state index < -0.39 is 0 Å². The van der Waals surface area contributed by atoms with Crippen LogP contribution in [-0.4, -0.2) is 72.6 Å². The SMILES string of the molecule is COc1ccc(Cl)c(Nc2nc3ccccc3nc2NSc2cccc(NC(=O)CN3CC(N(C)C)C3)c2)c1. The second kappa shape index (κ2) is 12.1. The third-order valence-corrected chi connectivity index (χ3v) is 7.53. The van der Waals surface area contributed by atoms with Crippen LogP contribution >= 0.6 is 23.5 Å². The maximum Gasteiger partial charge on any atom is 0.238 e. The fourth-order valence-corrected chi connectivity index (χ4v) is 5.01. The lowest BCUT2D eigenvalue weighted by atomic mass is 10.1. The Hall–Kier alpha value is -3.57. The largest absolute Gasteiger partial charge is 0.497 e. The molecule has 1 amide bonds. The first-order valence-electron chi connectivity index (χ1n) is 12.5. The van der Waals surface area contributed by atoms with E-state index in [1.165, 1.54) is 11.9 Å². The molecule has 5 rings (SSSR count). The summed E-state index contributed by atoms with van der Waals surface area (Å²) in [5.41, 5.74) is 2.89. The lowest BCUT2D eigenvalue weighted by molar-refractivity contribution is -0.119. The van der Waals surface area contributed by atoms with Gasteiger partial charge in [0, 0.05) is 35.8 Å². The van der Waals surface area contributed by atoms with Gasteiger partial charge in [0.05, 0.1) is 35.4 Å². The predicted octanol–water partition coefficient (Wildman–Crippen LogP) is 5.34. The second-order valence-corrected chi connectivity index (χ2v) is 10.8. The quantitative estimate of drug-likeness (QED) is 0.221. The van der Waals surface area contributed by atoms with Gasteiger partial charge in [0.25, 0.3) is 0 Å². The summed E-state index contributed by atoms with van der Waals surface area (Å²) in [6.45, 7) is 2.20. The number of rotatable bonds is 10. The van der Waals surface area contributed by atoms with Crippen LogP contribution in [0.1, 0.15) is 0 Å². The number of benzene rings is 3. The van der Waals surface area contributed by atoms with E-state index in [1.54, 1.807) is 19.2 Å². The Labute approximate surface area is 237 Å². The maximum absolute atomic E-state index is 12.6. The third-order valence-electron chi connectivity index (χ3n) is 6.42. The van der Waals surface area contributed by atoms with Crippen LogP contribution in [0.5, 0.6) is 5.75 Å². The van der Waals surface area contributed by atoms with E-state index in [9.17, 15) is 4.79 Å². The zero-order chi connectivity index (χ0) is 27.4. The van der Waals surface area contributed by atoms with Crippen LogP contribution in [0.15, 0.2) is 71.6 Å². The van der Waals surface area contributed by atoms with Crippen molar-refractivity contribution in [1.29, 1.82) is 0 Å². The molecule has 11 heteroatoms. The molecular formula is C28H30ClN7O2S. The number of carbonyl (C=O) groups is 1. The molecule has 0 spiro atoms. The first-order valence-corrected chi connectivity index (χ1v) is 13.7. The first kappa shape index (κ1) is 27.0. The van der Waals surface area contributed by atoms with Crippen molar-refractivity contribution in [2.75, 3.05) is 56.2 Å². The van der Waals surface area contributed by atoms with Crippen molar-refractivity contribution in [2.24, 2.45) is 0 Å². The monoisotopic (exact) mass is 563 g/mol. The van der Waals surface area contributed by atoms with Crippen molar-refractivity contribution in [3.8, 4) is 5.75 Å². The molecule has 1 aliphatic heterocycles. The van der Waals surface area contributed by atoms with Gasteiger partial charge >= 0.3 is 0 Å². The van der Waals surface area contributed by atoms with Crippen LogP contribution in [-0.2, 0) is 4.79 Å². The molecule has 0 saturated carbocycles. The Morgan fingerprint density at radius 2 is 1.79 bits per heavy atom. The number of anilines is 4. The van der Waals surface area contributed by atoms with E-state index in [0.29, 0.717) is 40.7 Å². The highest BCUT2D eigenvalue weighted by Crippen LogP contribution is 2.33. The number of likely N-dealkylation sites (tertiary alicyclic amines) is 1. The number of hydrogen-bond donors (Lipinski definition) is 3. The minimum Gasteiger partial charge on any atom is -0.497 e. The standard InChI is InChI=1S/C28H30ClN7O2S/c1-35(2)19-15-36(16-19)17-26(37)30-18-7-6-8-21(13-18)39-34-28-27(31-23-9-4-5-10-24(23)32-28)33-25-14-20(38-3)11-12-22(25)29/h4-14,19H,15-17H2,1-3H3,(H,30,37)(H,31,33)(H,32,34). The molecule has 9 nitrogen and oxygen atoms in total. The molecule has 39 heavy (non-hydrogen) atoms. The molecule has 0 aliphatic carbocycles. The lowest BCUT2D eigenvalue weighted by Gasteiger charge is -2.42. The molecule has 3 N–H and O–H groups in total. The molecule has 1 aromatic heterocycles. The van der Waals surface area contributed by atoms with Gasteiger partial charge in [-0.05, 0) is 68.5 Å². The maximum atomic E-state index is 12.6. The third kappa shape index (κ3) is 6.72. The number of carbonyl (C=O) groups excluding carboxylic acids is 1. The average Bonchev–Trinajstić information content (AvgIpc) is 2.90. The van der Waals surface area contributed by atoms with Gasteiger partial charge in [0.2, 0.25) is 5.91 Å². The van der Waals surface area contributed by atoms with Crippen molar-refractivity contribution in [2.45, 2.75) is 10.9 Å². The van der Waals surface area contributed by atoms with Gasteiger partial charge in [-0.15, -0.1) is 0 Å². The topological polar surface area (TPSA) is 94.6 Å². The molecule has 1 saturated heterocycles. The minimum atomic E-state index is -0.0237. The Kier molecular flexibility index (Phi) is 8.37. The van der Waals surface area contributed by atoms with E-state index in [4.69, 9.17) is 26.3 Å². The van der Waals surface area contributed by atoms with Gasteiger partial charge in [0.15, 0.2) is 11.6 Å². The van der Waals surface area contributed by atoms with Crippen molar-refractivity contribution < 1.29 is 9.53 Å². The summed E-state index contributed by atoms with van der Waals surface area (Å²) in [5.74, 6) is 1.71. The van der Waals surface area contributed by atoms with E-state index in [-0.39, 0.29) is 5.91 Å². The number of hydrogen-bond acceptors (Lipinski definition) is 9. The van der Waals surface area contributed by atoms with E-state index >= 15 is 0 Å². The molecule has 0 unspecified atom stereocenters. The number of fused-ring (bicyclic) bond motifs is 1. The smallest absolute Gasteiger partial charge is 0.238 e. The number of aromatic nitrogens is 2. The molecule has 2 heterocycles. The number of methoxy groups -OCH3 is 1. The van der Waals surface area contributed by atoms with Gasteiger partial charge in [-0.3, -0.25) is 9.69 Å². The van der Waals surface area contributed by atoms with Crippen LogP contribution in [0.25, 0.3) is 11.0 Å². The normalized spacial score (nSPS) is 13.8. The summed E-state index contributed by atoms with van der Waals surface area (Å²) < 4.78 is 8.66. The number of ether oxygens (including phenoxy) is 1. The Balaban J connectivity index is 1.29. The second-order valence-electron chi connectivity index (χ2n) is 9.47. The highest BCUT2D eigenvalue weighted by Gasteiger charge is 2.29. The van der Waals surface area contributed by atoms with Crippen molar-refractivity contribution in [3.63, 3.8) is 0 Å². The fraction of sp³-hybridized carbons (Fsp3) is 0.250. The number of nitrogens with zero attached hydrogens (tertiary/aromatic N) is 4. The Bertz CT molecular complexity index is 1480. The highest BCUT2D eigenvalue weighted by atomic mass is 35.5. The van der Waals surface area contributed by atoms with Crippen molar-refractivity contribution >= 4 is 63.5 Å². The number of halogens is 1. The molecule has 202 valence electrons. The lowest BCUT2D eigenvalue weighted by Crippen LogP contribution is -2.58. The van der Waals surface area contributed by atoms with Crippen LogP contribution in [0.4, 0.5) is 23.0 Å². The van der Waals surface area contributed by atoms with Gasteiger partial charge in [-0.2, -0.15) is 0 Å². The van der Waals surface area contributed by atoms with Crippen LogP contribution < -0.4 is 20.1 Å². The van der Waals surface area contributed by atoms with Crippen molar-refractivity contribution in [1.82, 2.24) is 19.8 Å². The highest BCUT2D eigenvalue weighted by molar-refractivity contribution is 8.00. The molecule has 1 aliphatic rings. The number of nitrogens with one attached hydrogen (secondary N) is 3. The predicted molar refractivity (Wildman–Crippen MR) is 159 cm³/mol. The van der Waals surface area contributed by atoms with E-state index in [1.807, 2.05) is 54.6 Å². The summed E-state index contributed by atoms with van der Waals surface area (Å²) in [4.78, 5) is 27.4. The Morgan fingerprint density at radius 1 is 1.05 bits per heavy atom. The molecule has 0 atom stereocenters. The van der Waals surface area contributed by atoms with Crippen LogP contribution in [0, 0.1) is 0 Å². The van der Waals surface area contributed by atoms with E-state index in [0.717, 1.165) is 34.7 Å². The molecular weight excluding hydrogens is 534 g/mol. The van der Waals surface area contributed by atoms with Gasteiger partial charge in [0.1, 0.15) is 5.75 Å². The molecule has 3 aromatic carbocycles. The number of para-hydroxylation sites is 2. The van der Waals surface area contributed by atoms with Gasteiger partial charge in [-0.25, -0.2) is 9.97 Å². The van der Waals surface area contributed by atoms with Crippen LogP contribution in [0.3, 0.4) is 0 Å². The minimum absolute atomic E-state index is 0.0237. The summed E-state index contributed by atoms with van der Waals surface area (Å²) in [6.07, 6.45) is 0. The van der Waals surface area contributed by atoms with Crippen molar-refractivity contribution in [3.05, 3.63) is 71.8 Å². The zero-order valence-corrected chi connectivity index (χ0v) is 23.5. The van der Waals surface area contributed by atoms with E-state index in [2.05, 4.69) is 39.3 Å². The van der Waals surface area contributed by atoms with Gasteiger partial charge in [-0.1, -0.05) is 29.8 Å². The zero-order valence-electron chi connectivity index (χ0n) is 21.9. The van der Waals surface area contributed by atoms with Crippen LogP contribution in [0.2, 0.25) is 5.02 Å². The molecule has 4 aromatic rings. The summed E-state index contributed by atoms with van der Waals surface area (Å²) in [6, 6.07) is 21.2. The fourth-order valence-electron chi connectivity index (χ4n) is 4.16. The molecule has 0 bridgehead atoms. The first-order chi connectivity index (χ1) is 18.9. The average molecular weight is 564 g/mol. The summed E-state index contributed by atoms with van der Waals surface area (Å²) >= 11 is 7.81. The summed E-state index contributed by atoms with van der Waals surface area (Å²) in [5, 5.41) is 6.83. The molecule has 0 radical (unpaired) electrons. The number of likely N-dealkylation sites (N-methyl/N-ethyl adjacent to an activating group) is 1. The van der Waals surface area contributed by atoms with Gasteiger partial charge < -0.3 is 25.0 Å². The Morgan fingerprint density at radius 3 is 2.51 bits per heavy atom. The molecule has 1 fully saturated rings. The summed E-state index contributed by atoms with van der Waals surface area (Å²) in [7, 11) is 5.74. The number of amides is 1.